The second-order valence-electron chi connectivity index (χ2n) is 7.74. The van der Waals surface area contributed by atoms with Crippen molar-refractivity contribution in [3.63, 3.8) is 0 Å². The Hall–Kier alpha value is -4.77. The highest BCUT2D eigenvalue weighted by molar-refractivity contribution is 5.93. The molecular weight excluding hydrogens is 556 g/mol. The van der Waals surface area contributed by atoms with Gasteiger partial charge in [0.25, 0.3) is 5.91 Å². The lowest BCUT2D eigenvalue weighted by Gasteiger charge is -2.34. The summed E-state index contributed by atoms with van der Waals surface area (Å²) in [4.78, 5) is 44.8. The Labute approximate surface area is 221 Å². The van der Waals surface area contributed by atoms with Crippen LogP contribution in [0.15, 0.2) is 55.2 Å². The van der Waals surface area contributed by atoms with Gasteiger partial charge in [-0.3, -0.25) is 14.5 Å². The van der Waals surface area contributed by atoms with Crippen LogP contribution in [-0.2, 0) is 16.1 Å². The van der Waals surface area contributed by atoms with E-state index in [-0.39, 0.29) is 11.9 Å². The molecule has 3 N–H and O–H groups in total. The number of anilines is 1. The SMILES string of the molecule is O=C(NCCC1CN(c2ncccn2)Cc2ccnn21)c1cccnc1.O=C(O)C(F)(F)F.O=C(O)C(F)(F)F. The van der Waals surface area contributed by atoms with Crippen LogP contribution in [0.4, 0.5) is 32.3 Å². The summed E-state index contributed by atoms with van der Waals surface area (Å²) >= 11 is 0. The van der Waals surface area contributed by atoms with Gasteiger partial charge in [-0.2, -0.15) is 31.4 Å². The first kappa shape index (κ1) is 31.4. The number of rotatable bonds is 5. The molecule has 0 saturated carbocycles. The molecule has 40 heavy (non-hydrogen) atoms. The number of pyridine rings is 1. The molecular formula is C22H21F6N7O5. The van der Waals surface area contributed by atoms with Gasteiger partial charge in [0.1, 0.15) is 0 Å². The van der Waals surface area contributed by atoms with Crippen molar-refractivity contribution in [3.8, 4) is 0 Å². The number of halogens is 6. The summed E-state index contributed by atoms with van der Waals surface area (Å²) in [5, 5.41) is 21.7. The van der Waals surface area contributed by atoms with Crippen molar-refractivity contribution in [1.82, 2.24) is 30.0 Å². The predicted molar refractivity (Wildman–Crippen MR) is 123 cm³/mol. The number of nitrogens with zero attached hydrogens (tertiary/aromatic N) is 6. The summed E-state index contributed by atoms with van der Waals surface area (Å²) in [5.41, 5.74) is 1.68. The quantitative estimate of drug-likeness (QED) is 0.384. The first-order valence-corrected chi connectivity index (χ1v) is 11.0. The third-order valence-electron chi connectivity index (χ3n) is 4.89. The summed E-state index contributed by atoms with van der Waals surface area (Å²) in [6.45, 7) is 2.03. The molecule has 0 aromatic carbocycles. The van der Waals surface area contributed by atoms with Crippen LogP contribution in [0.3, 0.4) is 0 Å². The van der Waals surface area contributed by atoms with Gasteiger partial charge in [-0.1, -0.05) is 0 Å². The number of aromatic nitrogens is 5. The topological polar surface area (TPSA) is 163 Å². The number of carbonyl (C=O) groups is 3. The molecule has 0 aliphatic carbocycles. The highest BCUT2D eigenvalue weighted by Crippen LogP contribution is 2.25. The number of hydrogen-bond donors (Lipinski definition) is 3. The smallest absolute Gasteiger partial charge is 0.475 e. The maximum Gasteiger partial charge on any atom is 0.490 e. The maximum absolute atomic E-state index is 12.2. The second kappa shape index (κ2) is 13.9. The molecule has 3 aromatic rings. The minimum Gasteiger partial charge on any atom is -0.475 e. The zero-order chi connectivity index (χ0) is 29.9. The van der Waals surface area contributed by atoms with E-state index >= 15 is 0 Å². The molecule has 18 heteroatoms. The molecule has 216 valence electrons. The predicted octanol–water partition coefficient (Wildman–Crippen LogP) is 2.72. The van der Waals surface area contributed by atoms with Gasteiger partial charge >= 0.3 is 24.3 Å². The number of alkyl halides is 6. The van der Waals surface area contributed by atoms with Gasteiger partial charge in [0.2, 0.25) is 5.95 Å². The maximum atomic E-state index is 12.2. The highest BCUT2D eigenvalue weighted by atomic mass is 19.4. The summed E-state index contributed by atoms with van der Waals surface area (Å²) in [7, 11) is 0. The molecule has 1 atom stereocenters. The number of amides is 1. The number of carboxylic acid groups (broad SMARTS) is 2. The zero-order valence-electron chi connectivity index (χ0n) is 20.2. The Morgan fingerprint density at radius 1 is 0.925 bits per heavy atom. The summed E-state index contributed by atoms with van der Waals surface area (Å²) in [6.07, 6.45) is -0.876. The van der Waals surface area contributed by atoms with Crippen molar-refractivity contribution in [2.45, 2.75) is 31.4 Å². The number of fused-ring (bicyclic) bond motifs is 1. The van der Waals surface area contributed by atoms with E-state index in [2.05, 4.69) is 30.3 Å². The van der Waals surface area contributed by atoms with E-state index in [0.717, 1.165) is 25.2 Å². The third-order valence-corrected chi connectivity index (χ3v) is 4.89. The first-order chi connectivity index (χ1) is 18.7. The molecule has 0 saturated heterocycles. The molecule has 4 rings (SSSR count). The number of carbonyl (C=O) groups excluding carboxylic acids is 1. The van der Waals surface area contributed by atoms with Crippen molar-refractivity contribution in [1.29, 1.82) is 0 Å². The molecule has 1 aliphatic heterocycles. The number of aliphatic carboxylic acids is 2. The molecule has 0 spiro atoms. The van der Waals surface area contributed by atoms with E-state index in [9.17, 15) is 31.1 Å². The van der Waals surface area contributed by atoms with Crippen molar-refractivity contribution in [2.24, 2.45) is 0 Å². The van der Waals surface area contributed by atoms with E-state index in [1.807, 2.05) is 23.0 Å². The largest absolute Gasteiger partial charge is 0.490 e. The van der Waals surface area contributed by atoms with Crippen LogP contribution in [-0.4, -0.2) is 78.2 Å². The number of hydrogen-bond acceptors (Lipinski definition) is 8. The summed E-state index contributed by atoms with van der Waals surface area (Å²) < 4.78 is 65.5. The monoisotopic (exact) mass is 577 g/mol. The molecule has 0 fully saturated rings. The van der Waals surface area contributed by atoms with E-state index in [4.69, 9.17) is 19.8 Å². The summed E-state index contributed by atoms with van der Waals surface area (Å²) in [6, 6.07) is 7.47. The lowest BCUT2D eigenvalue weighted by Crippen LogP contribution is -2.40. The minimum atomic E-state index is -5.08. The lowest BCUT2D eigenvalue weighted by molar-refractivity contribution is -0.193. The van der Waals surface area contributed by atoms with E-state index in [0.29, 0.717) is 18.1 Å². The minimum absolute atomic E-state index is 0.113. The van der Waals surface area contributed by atoms with Crippen molar-refractivity contribution >= 4 is 23.8 Å². The Bertz CT molecular complexity index is 1230. The van der Waals surface area contributed by atoms with Gasteiger partial charge in [-0.15, -0.1) is 0 Å². The standard InChI is InChI=1S/C18H19N7O.2C2HF3O2/c26-17(14-3-1-6-19-11-14)20-9-4-15-12-24(18-21-7-2-8-22-18)13-16-5-10-23-25(15)16;2*3-2(4,5)1(6)7/h1-3,5-8,10-11,15H,4,9,12-13H2,(H,20,26);2*(H,6,7). The summed E-state index contributed by atoms with van der Waals surface area (Å²) in [5.74, 6) is -4.91. The second-order valence-corrected chi connectivity index (χ2v) is 7.74. The Balaban J connectivity index is 0.000000333. The molecule has 0 radical (unpaired) electrons. The van der Waals surface area contributed by atoms with Crippen LogP contribution < -0.4 is 10.2 Å². The van der Waals surface area contributed by atoms with Crippen LogP contribution in [0.5, 0.6) is 0 Å². The molecule has 3 aromatic heterocycles. The molecule has 1 unspecified atom stereocenters. The lowest BCUT2D eigenvalue weighted by atomic mass is 10.1. The van der Waals surface area contributed by atoms with Gasteiger partial charge in [-0.25, -0.2) is 19.6 Å². The van der Waals surface area contributed by atoms with E-state index in [1.165, 1.54) is 0 Å². The Morgan fingerprint density at radius 3 is 2.05 bits per heavy atom. The van der Waals surface area contributed by atoms with Crippen LogP contribution in [0.2, 0.25) is 0 Å². The number of carboxylic acids is 2. The average Bonchev–Trinajstić information content (AvgIpc) is 3.38. The van der Waals surface area contributed by atoms with Crippen molar-refractivity contribution in [3.05, 3.63) is 66.5 Å². The Morgan fingerprint density at radius 2 is 1.52 bits per heavy atom. The van der Waals surface area contributed by atoms with Gasteiger partial charge in [0.15, 0.2) is 0 Å². The average molecular weight is 577 g/mol. The zero-order valence-corrected chi connectivity index (χ0v) is 20.2. The molecule has 12 nitrogen and oxygen atoms in total. The molecule has 4 heterocycles. The van der Waals surface area contributed by atoms with Crippen LogP contribution in [0, 0.1) is 0 Å². The molecule has 1 amide bonds. The fourth-order valence-corrected chi connectivity index (χ4v) is 3.16. The Kier molecular flexibility index (Phi) is 10.9. The first-order valence-electron chi connectivity index (χ1n) is 11.0. The van der Waals surface area contributed by atoms with Crippen LogP contribution in [0.25, 0.3) is 0 Å². The van der Waals surface area contributed by atoms with E-state index < -0.39 is 24.3 Å². The fraction of sp³-hybridized carbons (Fsp3) is 0.318. The van der Waals surface area contributed by atoms with Gasteiger partial charge in [0, 0.05) is 44.1 Å². The van der Waals surface area contributed by atoms with Gasteiger partial charge in [-0.05, 0) is 30.7 Å². The molecule has 0 bridgehead atoms. The molecule has 1 aliphatic rings. The van der Waals surface area contributed by atoms with Gasteiger partial charge in [0.05, 0.1) is 23.8 Å². The normalized spacial score (nSPS) is 14.4. The van der Waals surface area contributed by atoms with Gasteiger partial charge < -0.3 is 20.4 Å². The highest BCUT2D eigenvalue weighted by Gasteiger charge is 2.38. The van der Waals surface area contributed by atoms with Crippen LogP contribution in [0.1, 0.15) is 28.5 Å². The van der Waals surface area contributed by atoms with E-state index in [1.54, 1.807) is 36.9 Å². The van der Waals surface area contributed by atoms with Crippen molar-refractivity contribution in [2.75, 3.05) is 18.0 Å². The third kappa shape index (κ3) is 9.84. The number of nitrogens with one attached hydrogen (secondary N) is 1. The van der Waals surface area contributed by atoms with Crippen molar-refractivity contribution < 1.29 is 50.9 Å². The van der Waals surface area contributed by atoms with Crippen LogP contribution >= 0.6 is 0 Å². The fourth-order valence-electron chi connectivity index (χ4n) is 3.16.